The van der Waals surface area contributed by atoms with Crippen molar-refractivity contribution in [3.05, 3.63) is 53.3 Å². The van der Waals surface area contributed by atoms with Gasteiger partial charge in [0.1, 0.15) is 5.75 Å². The zero-order valence-electron chi connectivity index (χ0n) is 10.0. The SMILES string of the molecule is N#CC(c1cc[nH]c1)c1ccc2c(c1)CCCO2. The maximum Gasteiger partial charge on any atom is 0.122 e. The molecule has 1 aliphatic heterocycles. The average Bonchev–Trinajstić information content (AvgIpc) is 2.93. The second-order valence-electron chi connectivity index (χ2n) is 4.53. The molecule has 18 heavy (non-hydrogen) atoms. The number of nitrogens with one attached hydrogen (secondary N) is 1. The minimum atomic E-state index is -0.205. The summed E-state index contributed by atoms with van der Waals surface area (Å²) in [5, 5.41) is 9.36. The number of ether oxygens (including phenoxy) is 1. The van der Waals surface area contributed by atoms with E-state index in [9.17, 15) is 5.26 Å². The van der Waals surface area contributed by atoms with Gasteiger partial charge in [0.2, 0.25) is 0 Å². The number of hydrogen-bond donors (Lipinski definition) is 1. The summed E-state index contributed by atoms with van der Waals surface area (Å²) in [7, 11) is 0. The van der Waals surface area contributed by atoms with Crippen LogP contribution in [-0.2, 0) is 6.42 Å². The number of nitriles is 1. The Morgan fingerprint density at radius 3 is 3.00 bits per heavy atom. The number of fused-ring (bicyclic) bond motifs is 1. The van der Waals surface area contributed by atoms with E-state index in [2.05, 4.69) is 17.1 Å². The van der Waals surface area contributed by atoms with Crippen LogP contribution in [0.2, 0.25) is 0 Å². The first-order chi connectivity index (χ1) is 8.88. The number of aryl methyl sites for hydroxylation is 1. The normalized spacial score (nSPS) is 15.3. The Labute approximate surface area is 106 Å². The van der Waals surface area contributed by atoms with Gasteiger partial charge in [0.15, 0.2) is 0 Å². The molecule has 90 valence electrons. The molecule has 0 saturated heterocycles. The molecule has 0 fully saturated rings. The van der Waals surface area contributed by atoms with Gasteiger partial charge < -0.3 is 9.72 Å². The van der Waals surface area contributed by atoms with Gasteiger partial charge in [0, 0.05) is 12.4 Å². The molecule has 1 aromatic carbocycles. The number of nitrogens with zero attached hydrogens (tertiary/aromatic N) is 1. The van der Waals surface area contributed by atoms with Crippen molar-refractivity contribution < 1.29 is 4.74 Å². The van der Waals surface area contributed by atoms with Crippen molar-refractivity contribution in [2.45, 2.75) is 18.8 Å². The minimum absolute atomic E-state index is 0.205. The lowest BCUT2D eigenvalue weighted by Crippen LogP contribution is -2.09. The lowest BCUT2D eigenvalue weighted by atomic mass is 9.92. The molecule has 0 spiro atoms. The van der Waals surface area contributed by atoms with Gasteiger partial charge in [-0.15, -0.1) is 0 Å². The largest absolute Gasteiger partial charge is 0.493 e. The standard InChI is InChI=1S/C15H14N2O/c16-9-14(13-5-6-17-10-13)11-3-4-15-12(8-11)2-1-7-18-15/h3-6,8,10,14,17H,1-2,7H2. The highest BCUT2D eigenvalue weighted by Crippen LogP contribution is 2.30. The van der Waals surface area contributed by atoms with Crippen molar-refractivity contribution in [3.8, 4) is 11.8 Å². The first-order valence-electron chi connectivity index (χ1n) is 6.16. The molecule has 1 N–H and O–H groups in total. The molecule has 2 heterocycles. The Kier molecular flexibility index (Phi) is 2.77. The molecule has 0 amide bonds. The molecule has 0 bridgehead atoms. The quantitative estimate of drug-likeness (QED) is 0.874. The van der Waals surface area contributed by atoms with Gasteiger partial charge in [-0.1, -0.05) is 12.1 Å². The van der Waals surface area contributed by atoms with Crippen LogP contribution in [0.25, 0.3) is 0 Å². The Hall–Kier alpha value is -2.21. The van der Waals surface area contributed by atoms with Crippen LogP contribution in [0.4, 0.5) is 0 Å². The zero-order chi connectivity index (χ0) is 12.4. The molecule has 0 saturated carbocycles. The summed E-state index contributed by atoms with van der Waals surface area (Å²) in [6.07, 6.45) is 5.82. The Morgan fingerprint density at radius 2 is 2.22 bits per heavy atom. The molecular weight excluding hydrogens is 224 g/mol. The fraction of sp³-hybridized carbons (Fsp3) is 0.267. The van der Waals surface area contributed by atoms with E-state index in [4.69, 9.17) is 4.74 Å². The first kappa shape index (κ1) is 10.9. The molecule has 2 aromatic rings. The minimum Gasteiger partial charge on any atom is -0.493 e. The predicted molar refractivity (Wildman–Crippen MR) is 68.5 cm³/mol. The van der Waals surface area contributed by atoms with Crippen LogP contribution in [0.3, 0.4) is 0 Å². The highest BCUT2D eigenvalue weighted by molar-refractivity contribution is 5.44. The van der Waals surface area contributed by atoms with Crippen molar-refractivity contribution in [1.82, 2.24) is 4.98 Å². The van der Waals surface area contributed by atoms with Crippen molar-refractivity contribution in [3.63, 3.8) is 0 Å². The molecule has 1 aromatic heterocycles. The Balaban J connectivity index is 1.99. The van der Waals surface area contributed by atoms with Crippen LogP contribution in [-0.4, -0.2) is 11.6 Å². The van der Waals surface area contributed by atoms with Crippen LogP contribution in [0.1, 0.15) is 29.0 Å². The Bertz CT molecular complexity index is 581. The summed E-state index contributed by atoms with van der Waals surface area (Å²) < 4.78 is 5.59. The smallest absolute Gasteiger partial charge is 0.122 e. The number of aromatic nitrogens is 1. The van der Waals surface area contributed by atoms with Crippen molar-refractivity contribution in [2.24, 2.45) is 0 Å². The molecule has 0 radical (unpaired) electrons. The van der Waals surface area contributed by atoms with Gasteiger partial charge in [-0.25, -0.2) is 0 Å². The summed E-state index contributed by atoms with van der Waals surface area (Å²) in [6.45, 7) is 0.797. The van der Waals surface area contributed by atoms with Crippen LogP contribution in [0.15, 0.2) is 36.7 Å². The lowest BCUT2D eigenvalue weighted by Gasteiger charge is -2.19. The maximum absolute atomic E-state index is 9.36. The van der Waals surface area contributed by atoms with Crippen LogP contribution < -0.4 is 4.74 Å². The van der Waals surface area contributed by atoms with Crippen molar-refractivity contribution in [2.75, 3.05) is 6.61 Å². The average molecular weight is 238 g/mol. The molecule has 3 nitrogen and oxygen atoms in total. The van der Waals surface area contributed by atoms with Crippen LogP contribution >= 0.6 is 0 Å². The van der Waals surface area contributed by atoms with E-state index in [0.717, 1.165) is 36.3 Å². The van der Waals surface area contributed by atoms with Crippen molar-refractivity contribution >= 4 is 0 Å². The summed E-state index contributed by atoms with van der Waals surface area (Å²) in [5.41, 5.74) is 3.27. The third-order valence-electron chi connectivity index (χ3n) is 3.35. The highest BCUT2D eigenvalue weighted by Gasteiger charge is 2.17. The van der Waals surface area contributed by atoms with E-state index in [1.54, 1.807) is 0 Å². The van der Waals surface area contributed by atoms with E-state index in [0.29, 0.717) is 0 Å². The molecule has 3 rings (SSSR count). The number of aromatic amines is 1. The predicted octanol–water partition coefficient (Wildman–Crippen LogP) is 3.00. The highest BCUT2D eigenvalue weighted by atomic mass is 16.5. The molecule has 1 aliphatic rings. The number of rotatable bonds is 2. The van der Waals surface area contributed by atoms with Gasteiger partial charge in [0.25, 0.3) is 0 Å². The van der Waals surface area contributed by atoms with Gasteiger partial charge >= 0.3 is 0 Å². The summed E-state index contributed by atoms with van der Waals surface area (Å²) in [4.78, 5) is 3.00. The van der Waals surface area contributed by atoms with E-state index in [1.807, 2.05) is 30.6 Å². The van der Waals surface area contributed by atoms with E-state index in [-0.39, 0.29) is 5.92 Å². The molecule has 1 atom stereocenters. The van der Waals surface area contributed by atoms with Gasteiger partial charge in [0.05, 0.1) is 18.6 Å². The number of hydrogen-bond acceptors (Lipinski definition) is 2. The van der Waals surface area contributed by atoms with Gasteiger partial charge in [-0.3, -0.25) is 0 Å². The second kappa shape index (κ2) is 4.58. The monoisotopic (exact) mass is 238 g/mol. The molecule has 1 unspecified atom stereocenters. The summed E-state index contributed by atoms with van der Waals surface area (Å²) >= 11 is 0. The Morgan fingerprint density at radius 1 is 1.28 bits per heavy atom. The van der Waals surface area contributed by atoms with Gasteiger partial charge in [-0.2, -0.15) is 5.26 Å². The molecular formula is C15H14N2O. The number of H-pyrrole nitrogens is 1. The fourth-order valence-corrected chi connectivity index (χ4v) is 2.42. The molecule has 3 heteroatoms. The fourth-order valence-electron chi connectivity index (χ4n) is 2.42. The van der Waals surface area contributed by atoms with Gasteiger partial charge in [-0.05, 0) is 41.7 Å². The van der Waals surface area contributed by atoms with E-state index in [1.165, 1.54) is 5.56 Å². The van der Waals surface area contributed by atoms with Crippen LogP contribution in [0.5, 0.6) is 5.75 Å². The third kappa shape index (κ3) is 1.86. The third-order valence-corrected chi connectivity index (χ3v) is 3.35. The zero-order valence-corrected chi connectivity index (χ0v) is 10.0. The van der Waals surface area contributed by atoms with E-state index >= 15 is 0 Å². The number of benzene rings is 1. The van der Waals surface area contributed by atoms with Crippen molar-refractivity contribution in [1.29, 1.82) is 5.26 Å². The summed E-state index contributed by atoms with van der Waals surface area (Å²) in [5.74, 6) is 0.763. The lowest BCUT2D eigenvalue weighted by molar-refractivity contribution is 0.288. The molecule has 0 aliphatic carbocycles. The summed E-state index contributed by atoms with van der Waals surface area (Å²) in [6, 6.07) is 10.4. The first-order valence-corrected chi connectivity index (χ1v) is 6.16. The maximum atomic E-state index is 9.36. The topological polar surface area (TPSA) is 48.8 Å². The van der Waals surface area contributed by atoms with E-state index < -0.39 is 0 Å². The van der Waals surface area contributed by atoms with Crippen LogP contribution in [0, 0.1) is 11.3 Å². The second-order valence-corrected chi connectivity index (χ2v) is 4.53.